The molecule has 0 aliphatic heterocycles. The molecule has 0 aliphatic rings. The van der Waals surface area contributed by atoms with Crippen LogP contribution in [-0.4, -0.2) is 6.61 Å². The number of hydrogen-bond acceptors (Lipinski definition) is 4. The smallest absolute Gasteiger partial charge is 0.119 e. The lowest BCUT2D eigenvalue weighted by molar-refractivity contribution is 0.317. The van der Waals surface area contributed by atoms with Gasteiger partial charge in [-0.15, -0.1) is 0 Å². The molecule has 4 heteroatoms. The second-order valence-electron chi connectivity index (χ2n) is 4.65. The van der Waals surface area contributed by atoms with E-state index in [2.05, 4.69) is 23.2 Å². The van der Waals surface area contributed by atoms with Gasteiger partial charge < -0.3 is 4.74 Å². The van der Waals surface area contributed by atoms with Crippen molar-refractivity contribution in [2.24, 2.45) is 10.2 Å². The molecule has 0 heterocycles. The van der Waals surface area contributed by atoms with E-state index in [1.165, 1.54) is 0 Å². The Morgan fingerprint density at radius 2 is 1.71 bits per heavy atom. The normalized spacial score (nSPS) is 10.5. The number of rotatable bonds is 5. The Labute approximate surface area is 124 Å². The van der Waals surface area contributed by atoms with Crippen LogP contribution in [0.5, 0.6) is 5.75 Å². The molecule has 0 N–H and O–H groups in total. The lowest BCUT2D eigenvalue weighted by Crippen LogP contribution is -1.93. The molecule has 2 aromatic rings. The van der Waals surface area contributed by atoms with Gasteiger partial charge in [-0.05, 0) is 55.3 Å². The molecule has 106 valence electrons. The van der Waals surface area contributed by atoms with Gasteiger partial charge in [0.05, 0.1) is 29.6 Å². The van der Waals surface area contributed by atoms with E-state index in [0.29, 0.717) is 17.9 Å². The first kappa shape index (κ1) is 14.7. The summed E-state index contributed by atoms with van der Waals surface area (Å²) in [6, 6.07) is 15.1. The quantitative estimate of drug-likeness (QED) is 0.717. The van der Waals surface area contributed by atoms with Crippen LogP contribution in [-0.2, 0) is 0 Å². The lowest BCUT2D eigenvalue weighted by atomic mass is 10.1. The second kappa shape index (κ2) is 7.20. The van der Waals surface area contributed by atoms with Gasteiger partial charge in [-0.2, -0.15) is 15.5 Å². The van der Waals surface area contributed by atoms with Crippen molar-refractivity contribution in [2.75, 3.05) is 6.61 Å². The zero-order valence-electron chi connectivity index (χ0n) is 12.2. The van der Waals surface area contributed by atoms with Gasteiger partial charge in [-0.1, -0.05) is 13.0 Å². The minimum atomic E-state index is 0.620. The van der Waals surface area contributed by atoms with E-state index in [0.717, 1.165) is 23.4 Å². The first-order chi connectivity index (χ1) is 10.2. The van der Waals surface area contributed by atoms with Gasteiger partial charge >= 0.3 is 0 Å². The standard InChI is InChI=1S/C17H17N3O/c1-3-10-21-17-8-6-15(7-9-17)19-20-16-5-4-13(2)14(11-16)12-18/h4-9,11H,3,10H2,1-2H3. The summed E-state index contributed by atoms with van der Waals surface area (Å²) in [6.45, 7) is 4.68. The Kier molecular flexibility index (Phi) is 5.05. The molecule has 0 atom stereocenters. The molecule has 0 aromatic heterocycles. The van der Waals surface area contributed by atoms with Crippen molar-refractivity contribution < 1.29 is 4.74 Å². The predicted molar refractivity (Wildman–Crippen MR) is 82.3 cm³/mol. The van der Waals surface area contributed by atoms with Crippen LogP contribution in [0.1, 0.15) is 24.5 Å². The third-order valence-electron chi connectivity index (χ3n) is 2.93. The summed E-state index contributed by atoms with van der Waals surface area (Å²) in [5, 5.41) is 17.3. The van der Waals surface area contributed by atoms with Crippen molar-refractivity contribution >= 4 is 11.4 Å². The minimum Gasteiger partial charge on any atom is -0.494 e. The molecular weight excluding hydrogens is 262 g/mol. The third kappa shape index (κ3) is 4.15. The van der Waals surface area contributed by atoms with Crippen LogP contribution in [0.25, 0.3) is 0 Å². The molecule has 2 aromatic carbocycles. The Bertz CT molecular complexity index is 669. The summed E-state index contributed by atoms with van der Waals surface area (Å²) in [6.07, 6.45) is 0.982. The van der Waals surface area contributed by atoms with Gasteiger partial charge in [0.1, 0.15) is 5.75 Å². The van der Waals surface area contributed by atoms with Gasteiger partial charge in [0.15, 0.2) is 0 Å². The summed E-state index contributed by atoms with van der Waals surface area (Å²) < 4.78 is 5.51. The van der Waals surface area contributed by atoms with Crippen molar-refractivity contribution in [3.05, 3.63) is 53.6 Å². The van der Waals surface area contributed by atoms with E-state index >= 15 is 0 Å². The maximum absolute atomic E-state index is 8.99. The average molecular weight is 279 g/mol. The highest BCUT2D eigenvalue weighted by Crippen LogP contribution is 2.22. The van der Waals surface area contributed by atoms with E-state index in [1.807, 2.05) is 43.3 Å². The number of nitriles is 1. The molecular formula is C17H17N3O. The summed E-state index contributed by atoms with van der Waals surface area (Å²) >= 11 is 0. The highest BCUT2D eigenvalue weighted by molar-refractivity contribution is 5.49. The van der Waals surface area contributed by atoms with Gasteiger partial charge in [0.25, 0.3) is 0 Å². The van der Waals surface area contributed by atoms with E-state index in [1.54, 1.807) is 6.07 Å². The van der Waals surface area contributed by atoms with Crippen molar-refractivity contribution in [3.63, 3.8) is 0 Å². The largest absolute Gasteiger partial charge is 0.494 e. The molecule has 0 aliphatic carbocycles. The van der Waals surface area contributed by atoms with Gasteiger partial charge in [-0.3, -0.25) is 0 Å². The topological polar surface area (TPSA) is 57.7 Å². The third-order valence-corrected chi connectivity index (χ3v) is 2.93. The van der Waals surface area contributed by atoms with Crippen LogP contribution < -0.4 is 4.74 Å². The molecule has 2 rings (SSSR count). The second-order valence-corrected chi connectivity index (χ2v) is 4.65. The zero-order valence-corrected chi connectivity index (χ0v) is 12.2. The molecule has 21 heavy (non-hydrogen) atoms. The van der Waals surface area contributed by atoms with Gasteiger partial charge in [0, 0.05) is 0 Å². The molecule has 0 saturated carbocycles. The number of benzene rings is 2. The fourth-order valence-electron chi connectivity index (χ4n) is 1.74. The Morgan fingerprint density at radius 1 is 1.05 bits per heavy atom. The van der Waals surface area contributed by atoms with Crippen molar-refractivity contribution in [3.8, 4) is 11.8 Å². The molecule has 0 radical (unpaired) electrons. The summed E-state index contributed by atoms with van der Waals surface area (Å²) in [5.74, 6) is 0.831. The summed E-state index contributed by atoms with van der Waals surface area (Å²) in [7, 11) is 0. The monoisotopic (exact) mass is 279 g/mol. The zero-order chi connectivity index (χ0) is 15.1. The first-order valence-electron chi connectivity index (χ1n) is 6.88. The SMILES string of the molecule is CCCOc1ccc(N=Nc2ccc(C)c(C#N)c2)cc1. The van der Waals surface area contributed by atoms with Crippen LogP contribution in [0, 0.1) is 18.3 Å². The minimum absolute atomic E-state index is 0.620. The van der Waals surface area contributed by atoms with Gasteiger partial charge in [0.2, 0.25) is 0 Å². The maximum Gasteiger partial charge on any atom is 0.119 e. The number of ether oxygens (including phenoxy) is 1. The first-order valence-corrected chi connectivity index (χ1v) is 6.88. The van der Waals surface area contributed by atoms with E-state index in [9.17, 15) is 0 Å². The Balaban J connectivity index is 2.09. The summed E-state index contributed by atoms with van der Waals surface area (Å²) in [4.78, 5) is 0. The molecule has 0 saturated heterocycles. The average Bonchev–Trinajstić information content (AvgIpc) is 2.53. The fourth-order valence-corrected chi connectivity index (χ4v) is 1.74. The molecule has 0 bridgehead atoms. The fraction of sp³-hybridized carbons (Fsp3) is 0.235. The summed E-state index contributed by atoms with van der Waals surface area (Å²) in [5.41, 5.74) is 2.98. The van der Waals surface area contributed by atoms with Crippen LogP contribution in [0.2, 0.25) is 0 Å². The van der Waals surface area contributed by atoms with Crippen LogP contribution in [0.3, 0.4) is 0 Å². The van der Waals surface area contributed by atoms with Crippen LogP contribution >= 0.6 is 0 Å². The highest BCUT2D eigenvalue weighted by atomic mass is 16.5. The molecule has 0 unspecified atom stereocenters. The maximum atomic E-state index is 8.99. The Morgan fingerprint density at radius 3 is 2.38 bits per heavy atom. The highest BCUT2D eigenvalue weighted by Gasteiger charge is 1.99. The number of aryl methyl sites for hydroxylation is 1. The van der Waals surface area contributed by atoms with E-state index < -0.39 is 0 Å². The van der Waals surface area contributed by atoms with Crippen LogP contribution in [0.4, 0.5) is 11.4 Å². The van der Waals surface area contributed by atoms with E-state index in [4.69, 9.17) is 10.00 Å². The predicted octanol–water partition coefficient (Wildman–Crippen LogP) is 5.07. The number of azo groups is 1. The number of nitrogens with zero attached hydrogens (tertiary/aromatic N) is 3. The molecule has 4 nitrogen and oxygen atoms in total. The Hall–Kier alpha value is -2.67. The van der Waals surface area contributed by atoms with Crippen molar-refractivity contribution in [1.82, 2.24) is 0 Å². The number of hydrogen-bond donors (Lipinski definition) is 0. The van der Waals surface area contributed by atoms with Gasteiger partial charge in [-0.25, -0.2) is 0 Å². The van der Waals surface area contributed by atoms with Crippen LogP contribution in [0.15, 0.2) is 52.7 Å². The van der Waals surface area contributed by atoms with E-state index in [-0.39, 0.29) is 0 Å². The molecule has 0 spiro atoms. The lowest BCUT2D eigenvalue weighted by Gasteiger charge is -2.03. The van der Waals surface area contributed by atoms with Crippen molar-refractivity contribution in [1.29, 1.82) is 5.26 Å². The van der Waals surface area contributed by atoms with Crippen molar-refractivity contribution in [2.45, 2.75) is 20.3 Å². The molecule has 0 fully saturated rings. The molecule has 0 amide bonds.